The zero-order valence-electron chi connectivity index (χ0n) is 13.5. The van der Waals surface area contributed by atoms with Crippen LogP contribution in [0.5, 0.6) is 0 Å². The third kappa shape index (κ3) is 4.77. The average molecular weight is 345 g/mol. The Morgan fingerprint density at radius 2 is 1.73 bits per heavy atom. The van der Waals surface area contributed by atoms with E-state index in [1.165, 1.54) is 0 Å². The van der Waals surface area contributed by atoms with E-state index < -0.39 is 0 Å². The first-order valence-corrected chi connectivity index (χ1v) is 8.22. The third-order valence-corrected chi connectivity index (χ3v) is 4.58. The molecule has 1 heterocycles. The summed E-state index contributed by atoms with van der Waals surface area (Å²) in [5.41, 5.74) is 0.861. The largest absolute Gasteiger partial charge is 0.337 e. The molecule has 0 atom stereocenters. The lowest BCUT2D eigenvalue weighted by molar-refractivity contribution is -0.787. The molecule has 2 rings (SSSR count). The van der Waals surface area contributed by atoms with Gasteiger partial charge >= 0.3 is 6.03 Å². The quantitative estimate of drug-likeness (QED) is 0.756. The minimum Gasteiger partial charge on any atom is -0.337 e. The van der Waals surface area contributed by atoms with E-state index >= 15 is 0 Å². The zero-order valence-corrected chi connectivity index (χ0v) is 15.0. The molecule has 122 valence electrons. The number of carbonyl (C=O) groups is 1. The fourth-order valence-corrected chi connectivity index (χ4v) is 3.84. The van der Waals surface area contributed by atoms with E-state index in [1.807, 2.05) is 0 Å². The van der Waals surface area contributed by atoms with E-state index in [-0.39, 0.29) is 23.2 Å². The van der Waals surface area contributed by atoms with E-state index in [2.05, 4.69) is 43.6 Å². The SMILES string of the molecule is CC1(C)CC(NC(=O)Nc2ccc(Cl)c(Cl)c2)CC(C)(C)[NH2+]1. The summed E-state index contributed by atoms with van der Waals surface area (Å²) in [6, 6.07) is 4.98. The van der Waals surface area contributed by atoms with Gasteiger partial charge in [0.25, 0.3) is 0 Å². The Morgan fingerprint density at radius 3 is 2.27 bits per heavy atom. The zero-order chi connectivity index (χ0) is 16.5. The van der Waals surface area contributed by atoms with Crippen molar-refractivity contribution in [2.75, 3.05) is 5.32 Å². The van der Waals surface area contributed by atoms with Crippen LogP contribution in [0.1, 0.15) is 40.5 Å². The Labute approximate surface area is 141 Å². The molecule has 1 fully saturated rings. The summed E-state index contributed by atoms with van der Waals surface area (Å²) < 4.78 is 0. The molecular formula is C16H24Cl2N3O+. The normalized spacial score (nSPS) is 20.5. The molecule has 6 heteroatoms. The van der Waals surface area contributed by atoms with Gasteiger partial charge in [0.15, 0.2) is 0 Å². The molecule has 1 aliphatic heterocycles. The van der Waals surface area contributed by atoms with Gasteiger partial charge in [-0.15, -0.1) is 0 Å². The summed E-state index contributed by atoms with van der Waals surface area (Å²) in [5, 5.41) is 9.16. The van der Waals surface area contributed by atoms with Crippen molar-refractivity contribution in [2.24, 2.45) is 0 Å². The summed E-state index contributed by atoms with van der Waals surface area (Å²) in [7, 11) is 0. The van der Waals surface area contributed by atoms with E-state index in [0.29, 0.717) is 15.7 Å². The second kappa shape index (κ2) is 6.26. The predicted octanol–water partition coefficient (Wildman–Crippen LogP) is 3.40. The summed E-state index contributed by atoms with van der Waals surface area (Å²) in [6.07, 6.45) is 1.87. The van der Waals surface area contributed by atoms with Crippen molar-refractivity contribution in [3.63, 3.8) is 0 Å². The molecule has 2 amide bonds. The molecule has 0 aliphatic carbocycles. The number of piperidine rings is 1. The van der Waals surface area contributed by atoms with Crippen molar-refractivity contribution in [3.8, 4) is 0 Å². The minimum atomic E-state index is -0.211. The molecule has 0 radical (unpaired) electrons. The predicted molar refractivity (Wildman–Crippen MR) is 91.7 cm³/mol. The standard InChI is InChI=1S/C16H23Cl2N3O/c1-15(2)8-11(9-16(3,4)21-15)20-14(22)19-10-5-6-12(17)13(18)7-10/h5-7,11,21H,8-9H2,1-4H3,(H2,19,20,22)/p+1. The van der Waals surface area contributed by atoms with Gasteiger partial charge in [-0.05, 0) is 45.9 Å². The molecule has 0 aromatic heterocycles. The number of anilines is 1. The second-order valence-electron chi connectivity index (χ2n) is 7.45. The van der Waals surface area contributed by atoms with Crippen LogP contribution in [0, 0.1) is 0 Å². The number of nitrogens with one attached hydrogen (secondary N) is 2. The average Bonchev–Trinajstić information content (AvgIpc) is 2.29. The van der Waals surface area contributed by atoms with Gasteiger partial charge in [0.2, 0.25) is 0 Å². The molecule has 1 saturated heterocycles. The van der Waals surface area contributed by atoms with Gasteiger partial charge in [-0.1, -0.05) is 23.2 Å². The number of halogens is 2. The van der Waals surface area contributed by atoms with Crippen molar-refractivity contribution >= 4 is 34.9 Å². The van der Waals surface area contributed by atoms with Crippen LogP contribution < -0.4 is 16.0 Å². The summed E-state index contributed by atoms with van der Waals surface area (Å²) in [5.74, 6) is 0. The Hall–Kier alpha value is -0.970. The highest BCUT2D eigenvalue weighted by molar-refractivity contribution is 6.42. The molecule has 22 heavy (non-hydrogen) atoms. The molecule has 0 bridgehead atoms. The minimum absolute atomic E-state index is 0.114. The molecule has 1 aromatic carbocycles. The number of quaternary nitrogens is 1. The lowest BCUT2D eigenvalue weighted by Gasteiger charge is -2.43. The van der Waals surface area contributed by atoms with Gasteiger partial charge in [-0.2, -0.15) is 0 Å². The highest BCUT2D eigenvalue weighted by Crippen LogP contribution is 2.25. The lowest BCUT2D eigenvalue weighted by Crippen LogP contribution is -3.06. The monoisotopic (exact) mass is 344 g/mol. The molecule has 4 nitrogen and oxygen atoms in total. The fourth-order valence-electron chi connectivity index (χ4n) is 3.55. The van der Waals surface area contributed by atoms with Gasteiger partial charge in [0, 0.05) is 24.6 Å². The molecule has 1 aromatic rings. The van der Waals surface area contributed by atoms with Gasteiger partial charge in [0.1, 0.15) is 0 Å². The smallest absolute Gasteiger partial charge is 0.319 e. The highest BCUT2D eigenvalue weighted by Gasteiger charge is 2.42. The molecular weight excluding hydrogens is 321 g/mol. The summed E-state index contributed by atoms with van der Waals surface area (Å²) >= 11 is 11.8. The Morgan fingerprint density at radius 1 is 1.14 bits per heavy atom. The number of carbonyl (C=O) groups excluding carboxylic acids is 1. The van der Waals surface area contributed by atoms with Crippen LogP contribution in [0.15, 0.2) is 18.2 Å². The number of nitrogens with two attached hydrogens (primary N) is 1. The summed E-state index contributed by atoms with van der Waals surface area (Å²) in [4.78, 5) is 12.2. The van der Waals surface area contributed by atoms with Crippen LogP contribution in [0.4, 0.5) is 10.5 Å². The van der Waals surface area contributed by atoms with Crippen molar-refractivity contribution < 1.29 is 10.1 Å². The van der Waals surface area contributed by atoms with Crippen LogP contribution in [-0.4, -0.2) is 23.2 Å². The van der Waals surface area contributed by atoms with Crippen LogP contribution in [-0.2, 0) is 0 Å². The van der Waals surface area contributed by atoms with E-state index in [0.717, 1.165) is 12.8 Å². The third-order valence-electron chi connectivity index (χ3n) is 3.84. The van der Waals surface area contributed by atoms with Gasteiger partial charge in [0.05, 0.1) is 21.1 Å². The molecule has 1 aliphatic rings. The Kier molecular flexibility index (Phi) is 4.95. The maximum Gasteiger partial charge on any atom is 0.319 e. The van der Waals surface area contributed by atoms with Crippen LogP contribution in [0.3, 0.4) is 0 Å². The fraction of sp³-hybridized carbons (Fsp3) is 0.562. The Balaban J connectivity index is 1.98. The number of hydrogen-bond donors (Lipinski definition) is 3. The topological polar surface area (TPSA) is 57.7 Å². The maximum absolute atomic E-state index is 12.2. The Bertz CT molecular complexity index is 557. The van der Waals surface area contributed by atoms with Gasteiger partial charge < -0.3 is 16.0 Å². The van der Waals surface area contributed by atoms with Crippen LogP contribution >= 0.6 is 23.2 Å². The van der Waals surface area contributed by atoms with Crippen LogP contribution in [0.2, 0.25) is 10.0 Å². The lowest BCUT2D eigenvalue weighted by atomic mass is 9.80. The number of rotatable bonds is 2. The number of amides is 2. The molecule has 4 N–H and O–H groups in total. The van der Waals surface area contributed by atoms with Crippen molar-refractivity contribution in [1.82, 2.24) is 5.32 Å². The summed E-state index contributed by atoms with van der Waals surface area (Å²) in [6.45, 7) is 8.83. The van der Waals surface area contributed by atoms with E-state index in [4.69, 9.17) is 23.2 Å². The second-order valence-corrected chi connectivity index (χ2v) is 8.27. The molecule has 0 spiro atoms. The maximum atomic E-state index is 12.2. The first-order valence-electron chi connectivity index (χ1n) is 7.46. The number of benzene rings is 1. The number of urea groups is 1. The first kappa shape index (κ1) is 17.4. The number of hydrogen-bond acceptors (Lipinski definition) is 1. The van der Waals surface area contributed by atoms with Gasteiger partial charge in [-0.3, -0.25) is 0 Å². The molecule has 0 saturated carbocycles. The van der Waals surface area contributed by atoms with Crippen LogP contribution in [0.25, 0.3) is 0 Å². The van der Waals surface area contributed by atoms with Crippen molar-refractivity contribution in [1.29, 1.82) is 0 Å². The van der Waals surface area contributed by atoms with E-state index in [9.17, 15) is 4.79 Å². The van der Waals surface area contributed by atoms with Gasteiger partial charge in [-0.25, -0.2) is 4.79 Å². The molecule has 0 unspecified atom stereocenters. The first-order chi connectivity index (χ1) is 10.1. The van der Waals surface area contributed by atoms with Crippen molar-refractivity contribution in [3.05, 3.63) is 28.2 Å². The van der Waals surface area contributed by atoms with E-state index in [1.54, 1.807) is 18.2 Å². The van der Waals surface area contributed by atoms with Crippen molar-refractivity contribution in [2.45, 2.75) is 57.7 Å². The highest BCUT2D eigenvalue weighted by atomic mass is 35.5.